The van der Waals surface area contributed by atoms with Crippen molar-refractivity contribution in [3.05, 3.63) is 34.8 Å². The fourth-order valence-electron chi connectivity index (χ4n) is 1.91. The van der Waals surface area contributed by atoms with Crippen LogP contribution >= 0.6 is 0 Å². The molecule has 1 aliphatic carbocycles. The molecule has 1 unspecified atom stereocenters. The number of nitriles is 1. The summed E-state index contributed by atoms with van der Waals surface area (Å²) >= 11 is 0. The monoisotopic (exact) mass is 222 g/mol. The fraction of sp³-hybridized carbons (Fsp3) is 0.417. The summed E-state index contributed by atoms with van der Waals surface area (Å²) in [6.07, 6.45) is 3.88. The molecule has 0 saturated heterocycles. The van der Waals surface area contributed by atoms with Crippen molar-refractivity contribution in [1.82, 2.24) is 5.32 Å². The van der Waals surface area contributed by atoms with Gasteiger partial charge >= 0.3 is 0 Å². The van der Waals surface area contributed by atoms with Crippen molar-refractivity contribution in [2.75, 3.05) is 6.54 Å². The first kappa shape index (κ1) is 10.9. The largest absolute Gasteiger partial charge is 0.385 e. The molecule has 4 heteroatoms. The maximum atomic E-state index is 13.8. The Labute approximate surface area is 92.9 Å². The summed E-state index contributed by atoms with van der Waals surface area (Å²) in [6.45, 7) is 0.789. The summed E-state index contributed by atoms with van der Waals surface area (Å²) in [7, 11) is 0. The average Bonchev–Trinajstić information content (AvgIpc) is 2.31. The third-order valence-electron chi connectivity index (χ3n) is 2.77. The van der Waals surface area contributed by atoms with Gasteiger partial charge in [-0.2, -0.15) is 5.26 Å². The lowest BCUT2D eigenvalue weighted by atomic mass is 9.94. The van der Waals surface area contributed by atoms with Crippen molar-refractivity contribution in [1.29, 1.82) is 5.26 Å². The van der Waals surface area contributed by atoms with Crippen LogP contribution in [0.3, 0.4) is 0 Å². The van der Waals surface area contributed by atoms with E-state index < -0.39 is 12.0 Å². The zero-order chi connectivity index (χ0) is 11.5. The molecule has 0 radical (unpaired) electrons. The molecule has 0 bridgehead atoms. The minimum Gasteiger partial charge on any atom is -0.385 e. The van der Waals surface area contributed by atoms with Crippen molar-refractivity contribution < 1.29 is 8.78 Å². The first-order chi connectivity index (χ1) is 7.74. The van der Waals surface area contributed by atoms with E-state index >= 15 is 0 Å². The Kier molecular flexibility index (Phi) is 3.04. The predicted molar refractivity (Wildman–Crippen MR) is 56.7 cm³/mol. The molecule has 0 aromatic carbocycles. The van der Waals surface area contributed by atoms with Crippen LogP contribution in [-0.4, -0.2) is 12.7 Å². The van der Waals surface area contributed by atoms with Gasteiger partial charge in [-0.3, -0.25) is 0 Å². The zero-order valence-corrected chi connectivity index (χ0v) is 8.76. The molecule has 2 aliphatic rings. The molecular weight excluding hydrogens is 210 g/mol. The number of nitrogens with zero attached hydrogens (tertiary/aromatic N) is 1. The molecule has 2 rings (SSSR count). The second kappa shape index (κ2) is 4.48. The van der Waals surface area contributed by atoms with Crippen LogP contribution in [0.25, 0.3) is 0 Å². The van der Waals surface area contributed by atoms with Crippen molar-refractivity contribution in [2.45, 2.75) is 25.4 Å². The molecule has 0 fully saturated rings. The van der Waals surface area contributed by atoms with E-state index in [0.717, 1.165) is 19.4 Å². The highest BCUT2D eigenvalue weighted by Crippen LogP contribution is 2.32. The molecular formula is C12H12F2N2. The Balaban J connectivity index is 2.33. The summed E-state index contributed by atoms with van der Waals surface area (Å²) in [5.74, 6) is -0.720. The summed E-state index contributed by atoms with van der Waals surface area (Å²) in [5.41, 5.74) is 0.638. The fourth-order valence-corrected chi connectivity index (χ4v) is 1.91. The van der Waals surface area contributed by atoms with E-state index in [2.05, 4.69) is 5.32 Å². The summed E-state index contributed by atoms with van der Waals surface area (Å²) in [6, 6.07) is 1.61. The van der Waals surface area contributed by atoms with Gasteiger partial charge in [0.25, 0.3) is 0 Å². The van der Waals surface area contributed by atoms with Gasteiger partial charge in [-0.1, -0.05) is 12.2 Å². The number of nitrogens with one attached hydrogen (secondary N) is 1. The lowest BCUT2D eigenvalue weighted by Gasteiger charge is -2.21. The lowest BCUT2D eigenvalue weighted by Crippen LogP contribution is -2.22. The Morgan fingerprint density at radius 2 is 2.25 bits per heavy atom. The molecule has 0 amide bonds. The van der Waals surface area contributed by atoms with Gasteiger partial charge in [0.05, 0.1) is 0 Å². The van der Waals surface area contributed by atoms with E-state index in [-0.39, 0.29) is 12.0 Å². The van der Waals surface area contributed by atoms with Gasteiger partial charge in [0.2, 0.25) is 0 Å². The van der Waals surface area contributed by atoms with Gasteiger partial charge in [0.15, 0.2) is 0 Å². The number of alkyl halides is 1. The van der Waals surface area contributed by atoms with Gasteiger partial charge in [-0.25, -0.2) is 8.78 Å². The average molecular weight is 222 g/mol. The Hall–Kier alpha value is -1.63. The first-order valence-corrected chi connectivity index (χ1v) is 5.33. The van der Waals surface area contributed by atoms with E-state index in [0.29, 0.717) is 11.3 Å². The zero-order valence-electron chi connectivity index (χ0n) is 8.76. The molecule has 16 heavy (non-hydrogen) atoms. The summed E-state index contributed by atoms with van der Waals surface area (Å²) < 4.78 is 27.1. The molecule has 1 N–H and O–H groups in total. The molecule has 0 aromatic heterocycles. The predicted octanol–water partition coefficient (Wildman–Crippen LogP) is 2.67. The van der Waals surface area contributed by atoms with Crippen molar-refractivity contribution in [2.24, 2.45) is 0 Å². The first-order valence-electron chi connectivity index (χ1n) is 5.33. The number of rotatable bonds is 1. The van der Waals surface area contributed by atoms with Gasteiger partial charge < -0.3 is 5.32 Å². The summed E-state index contributed by atoms with van der Waals surface area (Å²) in [5, 5.41) is 11.8. The third-order valence-corrected chi connectivity index (χ3v) is 2.77. The van der Waals surface area contributed by atoms with Gasteiger partial charge in [0.1, 0.15) is 23.6 Å². The Morgan fingerprint density at radius 1 is 1.44 bits per heavy atom. The number of hydrogen-bond donors (Lipinski definition) is 1. The van der Waals surface area contributed by atoms with Gasteiger partial charge in [0, 0.05) is 24.2 Å². The molecule has 0 saturated carbocycles. The number of halogens is 2. The molecule has 84 valence electrons. The standard InChI is InChI=1S/C12H12F2N2/c13-10-5-4-8(12(14)9(10)7-15)11-3-1-2-6-16-11/h3-4,10,16H,1-2,5-6H2. The second-order valence-corrected chi connectivity index (χ2v) is 3.85. The smallest absolute Gasteiger partial charge is 0.148 e. The van der Waals surface area contributed by atoms with E-state index in [1.54, 1.807) is 6.07 Å². The van der Waals surface area contributed by atoms with Crippen LogP contribution < -0.4 is 5.32 Å². The lowest BCUT2D eigenvalue weighted by molar-refractivity contribution is 0.377. The molecule has 0 spiro atoms. The highest BCUT2D eigenvalue weighted by molar-refractivity contribution is 5.52. The second-order valence-electron chi connectivity index (χ2n) is 3.85. The Bertz CT molecular complexity index is 427. The normalized spacial score (nSPS) is 25.4. The van der Waals surface area contributed by atoms with Crippen LogP contribution in [-0.2, 0) is 0 Å². The SMILES string of the molecule is N#CC1=C(F)C(C2=CCCCN2)=CCC1F. The van der Waals surface area contributed by atoms with Crippen LogP contribution in [0.2, 0.25) is 0 Å². The van der Waals surface area contributed by atoms with Crippen molar-refractivity contribution in [3.63, 3.8) is 0 Å². The molecule has 1 atom stereocenters. The van der Waals surface area contributed by atoms with Gasteiger partial charge in [-0.05, 0) is 12.8 Å². The molecule has 2 nitrogen and oxygen atoms in total. The topological polar surface area (TPSA) is 35.8 Å². The maximum absolute atomic E-state index is 13.8. The third kappa shape index (κ3) is 1.85. The molecule has 1 aliphatic heterocycles. The van der Waals surface area contributed by atoms with Crippen LogP contribution in [0.5, 0.6) is 0 Å². The quantitative estimate of drug-likeness (QED) is 0.740. The maximum Gasteiger partial charge on any atom is 0.148 e. The van der Waals surface area contributed by atoms with Crippen molar-refractivity contribution >= 4 is 0 Å². The minimum atomic E-state index is -1.50. The van der Waals surface area contributed by atoms with Crippen molar-refractivity contribution in [3.8, 4) is 6.07 Å². The number of hydrogen-bond acceptors (Lipinski definition) is 2. The Morgan fingerprint density at radius 3 is 2.88 bits per heavy atom. The van der Waals surface area contributed by atoms with Crippen LogP contribution in [0.1, 0.15) is 19.3 Å². The van der Waals surface area contributed by atoms with Crippen LogP contribution in [0.4, 0.5) is 8.78 Å². The minimum absolute atomic E-state index is 0.0741. The van der Waals surface area contributed by atoms with E-state index in [9.17, 15) is 8.78 Å². The van der Waals surface area contributed by atoms with Crippen LogP contribution in [0.15, 0.2) is 34.8 Å². The molecule has 0 aromatic rings. The molecule has 1 heterocycles. The number of allylic oxidation sites excluding steroid dienone is 4. The van der Waals surface area contributed by atoms with Crippen LogP contribution in [0, 0.1) is 11.3 Å². The highest BCUT2D eigenvalue weighted by Gasteiger charge is 2.26. The van der Waals surface area contributed by atoms with Gasteiger partial charge in [-0.15, -0.1) is 0 Å². The van der Waals surface area contributed by atoms with E-state index in [1.165, 1.54) is 6.08 Å². The van der Waals surface area contributed by atoms with E-state index in [4.69, 9.17) is 5.26 Å². The summed E-state index contributed by atoms with van der Waals surface area (Å²) in [4.78, 5) is 0. The highest BCUT2D eigenvalue weighted by atomic mass is 19.1. The van der Waals surface area contributed by atoms with E-state index in [1.807, 2.05) is 6.08 Å².